The predicted molar refractivity (Wildman–Crippen MR) is 88.3 cm³/mol. The van der Waals surface area contributed by atoms with Gasteiger partial charge in [-0.05, 0) is 39.5 Å². The van der Waals surface area contributed by atoms with Gasteiger partial charge in [-0.1, -0.05) is 0 Å². The molecular weight excluding hydrogens is 347 g/mol. The van der Waals surface area contributed by atoms with Crippen LogP contribution in [0.1, 0.15) is 52.2 Å². The summed E-state index contributed by atoms with van der Waals surface area (Å²) in [6.07, 6.45) is 2.40. The summed E-state index contributed by atoms with van der Waals surface area (Å²) in [6, 6.07) is 1.16. The normalized spacial score (nSPS) is 27.3. The van der Waals surface area contributed by atoms with Gasteiger partial charge in [0.1, 0.15) is 6.23 Å². The lowest BCUT2D eigenvalue weighted by Gasteiger charge is -2.40. The minimum atomic E-state index is -2.18. The van der Waals surface area contributed by atoms with Crippen molar-refractivity contribution in [3.05, 3.63) is 33.1 Å². The first-order valence-electron chi connectivity index (χ1n) is 8.76. The molecular formula is C17H23FN2O6. The van der Waals surface area contributed by atoms with E-state index in [-0.39, 0.29) is 18.9 Å². The van der Waals surface area contributed by atoms with Crippen molar-refractivity contribution in [1.29, 1.82) is 0 Å². The maximum atomic E-state index is 14.9. The maximum absolute atomic E-state index is 14.9. The summed E-state index contributed by atoms with van der Waals surface area (Å²) < 4.78 is 32.1. The predicted octanol–water partition coefficient (Wildman–Crippen LogP) is 1.40. The van der Waals surface area contributed by atoms with Gasteiger partial charge in [-0.3, -0.25) is 14.3 Å². The third-order valence-electron chi connectivity index (χ3n) is 4.69. The first-order valence-corrected chi connectivity index (χ1v) is 8.76. The number of aromatic amines is 1. The lowest BCUT2D eigenvalue weighted by Crippen LogP contribution is -2.51. The van der Waals surface area contributed by atoms with Crippen LogP contribution in [0.4, 0.5) is 4.39 Å². The highest BCUT2D eigenvalue weighted by molar-refractivity contribution is 5.80. The average Bonchev–Trinajstić information content (AvgIpc) is 2.91. The molecule has 3 rings (SSSR count). The van der Waals surface area contributed by atoms with Crippen molar-refractivity contribution in [1.82, 2.24) is 9.55 Å². The number of ether oxygens (including phenoxy) is 3. The van der Waals surface area contributed by atoms with E-state index in [4.69, 9.17) is 14.2 Å². The Hall–Kier alpha value is -2.00. The zero-order valence-electron chi connectivity index (χ0n) is 14.8. The van der Waals surface area contributed by atoms with E-state index < -0.39 is 41.5 Å². The van der Waals surface area contributed by atoms with Crippen molar-refractivity contribution >= 4 is 5.97 Å². The molecule has 1 saturated heterocycles. The number of carbonyl (C=O) groups excluding carboxylic acids is 1. The number of rotatable bonds is 6. The van der Waals surface area contributed by atoms with Crippen molar-refractivity contribution in [2.24, 2.45) is 0 Å². The van der Waals surface area contributed by atoms with Gasteiger partial charge >= 0.3 is 11.7 Å². The number of nitrogens with zero attached hydrogens (tertiary/aromatic N) is 1. The van der Waals surface area contributed by atoms with Crippen molar-refractivity contribution in [2.45, 2.75) is 69.7 Å². The number of hydrogen-bond acceptors (Lipinski definition) is 6. The number of hydrogen-bond donors (Lipinski definition) is 1. The summed E-state index contributed by atoms with van der Waals surface area (Å²) in [6.45, 7) is 3.09. The molecule has 0 spiro atoms. The van der Waals surface area contributed by atoms with Gasteiger partial charge in [-0.25, -0.2) is 14.0 Å². The van der Waals surface area contributed by atoms with Gasteiger partial charge in [0.25, 0.3) is 5.56 Å². The largest absolute Gasteiger partial charge is 0.457 e. The Morgan fingerprint density at radius 1 is 1.42 bits per heavy atom. The van der Waals surface area contributed by atoms with Crippen LogP contribution in [0.15, 0.2) is 21.9 Å². The zero-order valence-corrected chi connectivity index (χ0v) is 14.8. The van der Waals surface area contributed by atoms with Gasteiger partial charge < -0.3 is 14.2 Å². The molecule has 1 N–H and O–H groups in total. The second kappa shape index (κ2) is 6.96. The molecule has 1 aromatic heterocycles. The average molecular weight is 370 g/mol. The van der Waals surface area contributed by atoms with E-state index in [0.717, 1.165) is 17.1 Å². The van der Waals surface area contributed by atoms with E-state index in [1.165, 1.54) is 6.20 Å². The quantitative estimate of drug-likeness (QED) is 0.760. The van der Waals surface area contributed by atoms with Gasteiger partial charge in [0.15, 0.2) is 12.2 Å². The Morgan fingerprint density at radius 3 is 2.73 bits per heavy atom. The van der Waals surface area contributed by atoms with Crippen LogP contribution in [0, 0.1) is 0 Å². The molecule has 2 heterocycles. The lowest BCUT2D eigenvalue weighted by atomic mass is 9.80. The molecule has 2 atom stereocenters. The van der Waals surface area contributed by atoms with Crippen molar-refractivity contribution in [3.8, 4) is 0 Å². The van der Waals surface area contributed by atoms with E-state index in [2.05, 4.69) is 4.98 Å². The van der Waals surface area contributed by atoms with E-state index in [1.54, 1.807) is 0 Å². The van der Waals surface area contributed by atoms with Crippen LogP contribution < -0.4 is 11.2 Å². The van der Waals surface area contributed by atoms with E-state index in [0.29, 0.717) is 12.8 Å². The molecule has 0 amide bonds. The Bertz CT molecular complexity index is 784. The fraction of sp³-hybridized carbons (Fsp3) is 0.706. The Morgan fingerprint density at radius 2 is 2.15 bits per heavy atom. The zero-order chi connectivity index (χ0) is 18.9. The van der Waals surface area contributed by atoms with Gasteiger partial charge in [-0.2, -0.15) is 0 Å². The highest BCUT2D eigenvalue weighted by Crippen LogP contribution is 2.40. The summed E-state index contributed by atoms with van der Waals surface area (Å²) in [5.41, 5.74) is -2.21. The fourth-order valence-electron chi connectivity index (χ4n) is 3.28. The van der Waals surface area contributed by atoms with Crippen LogP contribution >= 0.6 is 0 Å². The van der Waals surface area contributed by atoms with E-state index in [1.807, 2.05) is 13.8 Å². The van der Waals surface area contributed by atoms with Gasteiger partial charge in [0.05, 0.1) is 6.10 Å². The van der Waals surface area contributed by atoms with E-state index >= 15 is 0 Å². The van der Waals surface area contributed by atoms with Crippen molar-refractivity contribution < 1.29 is 23.4 Å². The molecule has 144 valence electrons. The van der Waals surface area contributed by atoms with Crippen molar-refractivity contribution in [2.75, 3.05) is 6.61 Å². The molecule has 0 radical (unpaired) electrons. The smallest absolute Gasteiger partial charge is 0.338 e. The number of H-pyrrole nitrogens is 1. The standard InChI is InChI=1S/C17H23FN2O6/c1-11(2)25-16(6-3-7-16)14(22)24-10-17(18)8-4-13(26-17)20-9-5-12(21)19-15(20)23/h5,9,11,13H,3-4,6-8,10H2,1-2H3,(H,19,21,23)/t13-,17+/m1/s1. The van der Waals surface area contributed by atoms with Crippen LogP contribution in [0.5, 0.6) is 0 Å². The Kier molecular flexibility index (Phi) is 5.03. The second-order valence-corrected chi connectivity index (χ2v) is 7.10. The molecule has 1 aromatic rings. The number of alkyl halides is 1. The molecule has 0 aromatic carbocycles. The molecule has 0 unspecified atom stereocenters. The number of carbonyl (C=O) groups is 1. The van der Waals surface area contributed by atoms with Crippen LogP contribution in [0.25, 0.3) is 0 Å². The minimum absolute atomic E-state index is 0.0332. The summed E-state index contributed by atoms with van der Waals surface area (Å²) in [5, 5.41) is 0. The van der Waals surface area contributed by atoms with Crippen LogP contribution in [0.2, 0.25) is 0 Å². The number of esters is 1. The highest BCUT2D eigenvalue weighted by atomic mass is 19.2. The molecule has 26 heavy (non-hydrogen) atoms. The SMILES string of the molecule is CC(C)OC1(C(=O)OC[C@]2(F)CC[C@H](n3ccc(=O)[nH]c3=O)O2)CCC1. The van der Waals surface area contributed by atoms with Crippen LogP contribution in [-0.2, 0) is 19.0 Å². The van der Waals surface area contributed by atoms with Gasteiger partial charge in [-0.15, -0.1) is 0 Å². The van der Waals surface area contributed by atoms with Crippen molar-refractivity contribution in [3.63, 3.8) is 0 Å². The minimum Gasteiger partial charge on any atom is -0.457 e. The van der Waals surface area contributed by atoms with Gasteiger partial charge in [0, 0.05) is 18.7 Å². The first-order chi connectivity index (χ1) is 12.2. The summed E-state index contributed by atoms with van der Waals surface area (Å²) >= 11 is 0. The molecule has 1 aliphatic heterocycles. The molecule has 1 saturated carbocycles. The van der Waals surface area contributed by atoms with Crippen LogP contribution in [0.3, 0.4) is 0 Å². The summed E-state index contributed by atoms with van der Waals surface area (Å²) in [5.74, 6) is -2.76. The molecule has 0 bridgehead atoms. The second-order valence-electron chi connectivity index (χ2n) is 7.10. The topological polar surface area (TPSA) is 99.6 Å². The van der Waals surface area contributed by atoms with Crippen LogP contribution in [-0.4, -0.2) is 39.7 Å². The third-order valence-corrected chi connectivity index (χ3v) is 4.69. The maximum Gasteiger partial charge on any atom is 0.338 e. The monoisotopic (exact) mass is 370 g/mol. The van der Waals surface area contributed by atoms with E-state index in [9.17, 15) is 18.8 Å². The molecule has 1 aliphatic carbocycles. The van der Waals surface area contributed by atoms with Gasteiger partial charge in [0.2, 0.25) is 5.85 Å². The third kappa shape index (κ3) is 3.73. The Labute approximate surface area is 149 Å². The fourth-order valence-corrected chi connectivity index (χ4v) is 3.28. The molecule has 9 heteroatoms. The molecule has 2 fully saturated rings. The lowest BCUT2D eigenvalue weighted by molar-refractivity contribution is -0.217. The molecule has 2 aliphatic rings. The number of aromatic nitrogens is 2. The first kappa shape index (κ1) is 18.8. The number of nitrogens with one attached hydrogen (secondary N) is 1. The number of halogens is 1. The summed E-state index contributed by atoms with van der Waals surface area (Å²) in [4.78, 5) is 37.4. The molecule has 8 nitrogen and oxygen atoms in total. The Balaban J connectivity index is 1.61. The highest BCUT2D eigenvalue weighted by Gasteiger charge is 2.50. The summed E-state index contributed by atoms with van der Waals surface area (Å²) in [7, 11) is 0.